The van der Waals surface area contributed by atoms with E-state index in [-0.39, 0.29) is 25.0 Å². The third kappa shape index (κ3) is 11.9. The zero-order valence-electron chi connectivity index (χ0n) is 16.8. The monoisotopic (exact) mass is 359 g/mol. The molecule has 148 valence electrons. The Kier molecular flexibility index (Phi) is 14.4. The summed E-state index contributed by atoms with van der Waals surface area (Å²) < 4.78 is 10.5. The summed E-state index contributed by atoms with van der Waals surface area (Å²) >= 11 is 0. The van der Waals surface area contributed by atoms with Gasteiger partial charge in [0, 0.05) is 13.1 Å². The average Bonchev–Trinajstić information content (AvgIpc) is 2.61. The lowest BCUT2D eigenvalue weighted by Crippen LogP contribution is -2.37. The van der Waals surface area contributed by atoms with E-state index in [2.05, 4.69) is 37.5 Å². The van der Waals surface area contributed by atoms with Crippen LogP contribution in [0.2, 0.25) is 0 Å². The van der Waals surface area contributed by atoms with Crippen molar-refractivity contribution in [1.29, 1.82) is 0 Å². The summed E-state index contributed by atoms with van der Waals surface area (Å²) in [6.45, 7) is 17.0. The second-order valence-electron chi connectivity index (χ2n) is 5.80. The predicted molar refractivity (Wildman–Crippen MR) is 99.6 cm³/mol. The first-order chi connectivity index (χ1) is 12.0. The van der Waals surface area contributed by atoms with E-state index < -0.39 is 0 Å². The highest BCUT2D eigenvalue weighted by Gasteiger charge is 2.15. The molecule has 0 fully saturated rings. The van der Waals surface area contributed by atoms with Gasteiger partial charge in [-0.2, -0.15) is 0 Å². The van der Waals surface area contributed by atoms with Gasteiger partial charge in [0.15, 0.2) is 0 Å². The van der Waals surface area contributed by atoms with E-state index in [4.69, 9.17) is 9.47 Å². The van der Waals surface area contributed by atoms with Gasteiger partial charge in [0.05, 0.1) is 13.1 Å². The first-order valence-electron chi connectivity index (χ1n) is 9.48. The fourth-order valence-corrected chi connectivity index (χ4v) is 2.39. The van der Waals surface area contributed by atoms with Crippen molar-refractivity contribution in [2.24, 2.45) is 0 Å². The van der Waals surface area contributed by atoms with Gasteiger partial charge in [-0.3, -0.25) is 14.5 Å². The molecule has 25 heavy (non-hydrogen) atoms. The molecule has 7 nitrogen and oxygen atoms in total. The molecular weight excluding hydrogens is 322 g/mol. The summed E-state index contributed by atoms with van der Waals surface area (Å²) in [6, 6.07) is 0. The van der Waals surface area contributed by atoms with Gasteiger partial charge >= 0.3 is 11.9 Å². The summed E-state index contributed by atoms with van der Waals surface area (Å²) in [5.41, 5.74) is 0. The van der Waals surface area contributed by atoms with Crippen molar-refractivity contribution in [2.75, 3.05) is 72.1 Å². The zero-order chi connectivity index (χ0) is 19.1. The number of hydrogen-bond donors (Lipinski definition) is 0. The van der Waals surface area contributed by atoms with Crippen LogP contribution in [0.5, 0.6) is 0 Å². The molecule has 0 aromatic heterocycles. The van der Waals surface area contributed by atoms with Crippen LogP contribution >= 0.6 is 0 Å². The number of nitrogens with zero attached hydrogens (tertiary/aromatic N) is 3. The smallest absolute Gasteiger partial charge is 0.320 e. The van der Waals surface area contributed by atoms with Crippen LogP contribution in [0.3, 0.4) is 0 Å². The predicted octanol–water partition coefficient (Wildman–Crippen LogP) is 1.08. The molecule has 0 spiro atoms. The first kappa shape index (κ1) is 23.8. The van der Waals surface area contributed by atoms with E-state index in [9.17, 15) is 9.59 Å². The molecule has 0 aliphatic rings. The number of carbonyl (C=O) groups excluding carboxylic acids is 2. The molecule has 0 amide bonds. The second kappa shape index (κ2) is 15.1. The van der Waals surface area contributed by atoms with Crippen molar-refractivity contribution in [3.63, 3.8) is 0 Å². The average molecular weight is 360 g/mol. The standard InChI is InChI=1S/C18H37N3O4/c1-6-19(7-2)11-13-24-17(22)15-21(10-5)16-18(23)25-14-12-20(8-3)9-4/h6-16H2,1-5H3. The minimum atomic E-state index is -0.301. The molecule has 7 heteroatoms. The van der Waals surface area contributed by atoms with Crippen LogP contribution in [-0.2, 0) is 19.1 Å². The molecule has 0 atom stereocenters. The SMILES string of the molecule is CCN(CC)CCOC(=O)CN(CC)CC(=O)OCCN(CC)CC. The Morgan fingerprint density at radius 3 is 1.20 bits per heavy atom. The molecule has 0 radical (unpaired) electrons. The summed E-state index contributed by atoms with van der Waals surface area (Å²) in [5, 5.41) is 0. The van der Waals surface area contributed by atoms with Crippen molar-refractivity contribution >= 4 is 11.9 Å². The molecule has 0 aliphatic heterocycles. The lowest BCUT2D eigenvalue weighted by atomic mass is 10.4. The van der Waals surface area contributed by atoms with Gasteiger partial charge in [0.2, 0.25) is 0 Å². The van der Waals surface area contributed by atoms with Crippen molar-refractivity contribution in [1.82, 2.24) is 14.7 Å². The molecule has 0 N–H and O–H groups in total. The van der Waals surface area contributed by atoms with Crippen LogP contribution in [-0.4, -0.2) is 98.8 Å². The third-order valence-corrected chi connectivity index (χ3v) is 4.28. The number of hydrogen-bond acceptors (Lipinski definition) is 7. The lowest BCUT2D eigenvalue weighted by Gasteiger charge is -2.21. The Balaban J connectivity index is 4.02. The maximum atomic E-state index is 11.9. The lowest BCUT2D eigenvalue weighted by molar-refractivity contribution is -0.149. The number of ether oxygens (including phenoxy) is 2. The Bertz CT molecular complexity index is 326. The quantitative estimate of drug-likeness (QED) is 0.405. The minimum Gasteiger partial charge on any atom is -0.463 e. The highest BCUT2D eigenvalue weighted by Crippen LogP contribution is 1.95. The van der Waals surface area contributed by atoms with E-state index in [1.54, 1.807) is 4.90 Å². The van der Waals surface area contributed by atoms with E-state index in [1.807, 2.05) is 6.92 Å². The number of esters is 2. The van der Waals surface area contributed by atoms with Crippen LogP contribution in [0.15, 0.2) is 0 Å². The van der Waals surface area contributed by atoms with E-state index in [0.29, 0.717) is 19.8 Å². The van der Waals surface area contributed by atoms with Gasteiger partial charge in [0.25, 0.3) is 0 Å². The van der Waals surface area contributed by atoms with Crippen molar-refractivity contribution in [3.05, 3.63) is 0 Å². The van der Waals surface area contributed by atoms with Crippen LogP contribution in [0, 0.1) is 0 Å². The zero-order valence-corrected chi connectivity index (χ0v) is 16.8. The van der Waals surface area contributed by atoms with Gasteiger partial charge in [-0.05, 0) is 32.7 Å². The third-order valence-electron chi connectivity index (χ3n) is 4.28. The van der Waals surface area contributed by atoms with Gasteiger partial charge in [0.1, 0.15) is 13.2 Å². The normalized spacial score (nSPS) is 11.4. The van der Waals surface area contributed by atoms with E-state index >= 15 is 0 Å². The largest absolute Gasteiger partial charge is 0.463 e. The molecule has 0 unspecified atom stereocenters. The summed E-state index contributed by atoms with van der Waals surface area (Å²) in [5.74, 6) is -0.602. The molecule has 0 aromatic carbocycles. The summed E-state index contributed by atoms with van der Waals surface area (Å²) in [7, 11) is 0. The van der Waals surface area contributed by atoms with Crippen LogP contribution in [0.4, 0.5) is 0 Å². The molecule has 0 aromatic rings. The van der Waals surface area contributed by atoms with Gasteiger partial charge in [-0.1, -0.05) is 34.6 Å². The van der Waals surface area contributed by atoms with Crippen LogP contribution in [0.1, 0.15) is 34.6 Å². The Labute approximate surface area is 153 Å². The molecule has 0 saturated carbocycles. The van der Waals surface area contributed by atoms with Crippen molar-refractivity contribution < 1.29 is 19.1 Å². The number of rotatable bonds is 15. The van der Waals surface area contributed by atoms with Gasteiger partial charge in [-0.25, -0.2) is 0 Å². The van der Waals surface area contributed by atoms with Crippen LogP contribution < -0.4 is 0 Å². The first-order valence-corrected chi connectivity index (χ1v) is 9.48. The maximum Gasteiger partial charge on any atom is 0.320 e. The van der Waals surface area contributed by atoms with Crippen LogP contribution in [0.25, 0.3) is 0 Å². The Morgan fingerprint density at radius 1 is 0.600 bits per heavy atom. The highest BCUT2D eigenvalue weighted by atomic mass is 16.5. The molecule has 0 saturated heterocycles. The number of likely N-dealkylation sites (N-methyl/N-ethyl adjacent to an activating group) is 3. The van der Waals surface area contributed by atoms with Crippen molar-refractivity contribution in [3.8, 4) is 0 Å². The van der Waals surface area contributed by atoms with E-state index in [0.717, 1.165) is 39.3 Å². The molecule has 0 rings (SSSR count). The van der Waals surface area contributed by atoms with Crippen molar-refractivity contribution in [2.45, 2.75) is 34.6 Å². The van der Waals surface area contributed by atoms with Gasteiger partial charge < -0.3 is 19.3 Å². The maximum absolute atomic E-state index is 11.9. The second-order valence-corrected chi connectivity index (χ2v) is 5.80. The summed E-state index contributed by atoms with van der Waals surface area (Å²) in [4.78, 5) is 29.9. The number of carbonyl (C=O) groups is 2. The highest BCUT2D eigenvalue weighted by molar-refractivity contribution is 5.75. The van der Waals surface area contributed by atoms with E-state index in [1.165, 1.54) is 0 Å². The fourth-order valence-electron chi connectivity index (χ4n) is 2.39. The summed E-state index contributed by atoms with van der Waals surface area (Å²) in [6.07, 6.45) is 0. The minimum absolute atomic E-state index is 0.111. The fraction of sp³-hybridized carbons (Fsp3) is 0.889. The topological polar surface area (TPSA) is 62.3 Å². The molecule has 0 heterocycles. The Morgan fingerprint density at radius 2 is 0.920 bits per heavy atom. The Hall–Kier alpha value is -1.18. The van der Waals surface area contributed by atoms with Gasteiger partial charge in [-0.15, -0.1) is 0 Å². The molecule has 0 aliphatic carbocycles. The molecular formula is C18H37N3O4. The molecule has 0 bridgehead atoms.